The highest BCUT2D eigenvalue weighted by atomic mass is 32.2. The zero-order valence-electron chi connectivity index (χ0n) is 16.0. The maximum absolute atomic E-state index is 12.6. The monoisotopic (exact) mass is 399 g/mol. The minimum absolute atomic E-state index is 0.0334. The van der Waals surface area contributed by atoms with Crippen LogP contribution in [0, 0.1) is 6.92 Å². The molecule has 0 aliphatic carbocycles. The van der Waals surface area contributed by atoms with E-state index in [1.807, 2.05) is 37.3 Å². The highest BCUT2D eigenvalue weighted by Crippen LogP contribution is 2.43. The second-order valence-electron chi connectivity index (χ2n) is 6.83. The van der Waals surface area contributed by atoms with Gasteiger partial charge < -0.3 is 19.8 Å². The van der Waals surface area contributed by atoms with Crippen LogP contribution >= 0.6 is 11.8 Å². The molecule has 2 aromatic carbocycles. The fraction of sp³-hybridized carbons (Fsp3) is 0.318. The second-order valence-corrected chi connectivity index (χ2v) is 8.01. The summed E-state index contributed by atoms with van der Waals surface area (Å²) in [5.74, 6) is 1.25. The van der Waals surface area contributed by atoms with Gasteiger partial charge in [-0.2, -0.15) is 0 Å². The number of aliphatic hydroxyl groups is 1. The highest BCUT2D eigenvalue weighted by Gasteiger charge is 2.47. The van der Waals surface area contributed by atoms with Crippen molar-refractivity contribution in [3.8, 4) is 11.5 Å². The summed E-state index contributed by atoms with van der Waals surface area (Å²) in [6.07, 6.45) is 0.973. The van der Waals surface area contributed by atoms with Crippen molar-refractivity contribution in [3.05, 3.63) is 71.8 Å². The van der Waals surface area contributed by atoms with E-state index in [-0.39, 0.29) is 22.9 Å². The standard InChI is InChI=1S/C22H25NO4S/c1-4-11-23-20(15-6-8-16(24)9-7-15)21(22(23)26)28-13-18(25)17-10-5-14(2)12-19(17)27-3/h4-10,12,18,20-21,24-25H,1,11,13H2,2-3H3/t18?,20?,21-/m1/s1. The van der Waals surface area contributed by atoms with Crippen molar-refractivity contribution in [1.29, 1.82) is 0 Å². The molecule has 1 fully saturated rings. The summed E-state index contributed by atoms with van der Waals surface area (Å²) in [5, 5.41) is 19.9. The third kappa shape index (κ3) is 4.03. The molecule has 1 aliphatic heterocycles. The summed E-state index contributed by atoms with van der Waals surface area (Å²) in [7, 11) is 1.58. The number of carbonyl (C=O) groups is 1. The van der Waals surface area contributed by atoms with Crippen molar-refractivity contribution < 1.29 is 19.7 Å². The first-order valence-corrected chi connectivity index (χ1v) is 10.2. The molecule has 2 N–H and O–H groups in total. The Bertz CT molecular complexity index is 852. The molecule has 1 heterocycles. The van der Waals surface area contributed by atoms with Crippen LogP contribution in [0.15, 0.2) is 55.1 Å². The number of nitrogens with zero attached hydrogens (tertiary/aromatic N) is 1. The van der Waals surface area contributed by atoms with Crippen LogP contribution < -0.4 is 4.74 Å². The average Bonchev–Trinajstić information content (AvgIpc) is 2.70. The van der Waals surface area contributed by atoms with Gasteiger partial charge in [0.2, 0.25) is 5.91 Å². The summed E-state index contributed by atoms with van der Waals surface area (Å²) in [5.41, 5.74) is 2.73. The number of rotatable bonds is 8. The van der Waals surface area contributed by atoms with Gasteiger partial charge in [-0.1, -0.05) is 30.3 Å². The molecule has 148 valence electrons. The van der Waals surface area contributed by atoms with Crippen molar-refractivity contribution in [3.63, 3.8) is 0 Å². The van der Waals surface area contributed by atoms with Crippen LogP contribution in [-0.2, 0) is 4.79 Å². The lowest BCUT2D eigenvalue weighted by atomic mass is 9.93. The predicted octanol–water partition coefficient (Wildman–Crippen LogP) is 3.61. The van der Waals surface area contributed by atoms with Gasteiger partial charge in [0.25, 0.3) is 0 Å². The van der Waals surface area contributed by atoms with E-state index >= 15 is 0 Å². The Balaban J connectivity index is 1.74. The lowest BCUT2D eigenvalue weighted by Gasteiger charge is -2.47. The number of carbonyl (C=O) groups excluding carboxylic acids is 1. The molecule has 0 spiro atoms. The van der Waals surface area contributed by atoms with Crippen LogP contribution in [-0.4, -0.2) is 45.7 Å². The van der Waals surface area contributed by atoms with Crippen molar-refractivity contribution in [1.82, 2.24) is 4.90 Å². The molecule has 0 saturated carbocycles. The molecule has 0 aromatic heterocycles. The molecule has 3 rings (SSSR count). The first kappa shape index (κ1) is 20.3. The molecular weight excluding hydrogens is 374 g/mol. The fourth-order valence-corrected chi connectivity index (χ4v) is 4.76. The predicted molar refractivity (Wildman–Crippen MR) is 112 cm³/mol. The van der Waals surface area contributed by atoms with Crippen molar-refractivity contribution in [2.24, 2.45) is 0 Å². The van der Waals surface area contributed by atoms with Gasteiger partial charge in [-0.15, -0.1) is 18.3 Å². The van der Waals surface area contributed by atoms with Crippen LogP contribution in [0.1, 0.15) is 28.8 Å². The van der Waals surface area contributed by atoms with E-state index in [1.165, 1.54) is 11.8 Å². The smallest absolute Gasteiger partial charge is 0.239 e. The van der Waals surface area contributed by atoms with Crippen LogP contribution in [0.25, 0.3) is 0 Å². The van der Waals surface area contributed by atoms with Gasteiger partial charge in [0, 0.05) is 17.9 Å². The lowest BCUT2D eigenvalue weighted by molar-refractivity contribution is -0.144. The third-order valence-electron chi connectivity index (χ3n) is 4.89. The number of aliphatic hydroxyl groups excluding tert-OH is 1. The number of phenols is 1. The molecule has 1 amide bonds. The number of aryl methyl sites for hydroxylation is 1. The normalized spacial score (nSPS) is 19.8. The van der Waals surface area contributed by atoms with Gasteiger partial charge in [0.1, 0.15) is 16.7 Å². The number of hydrogen-bond acceptors (Lipinski definition) is 5. The Morgan fingerprint density at radius 3 is 2.64 bits per heavy atom. The summed E-state index contributed by atoms with van der Waals surface area (Å²) in [6.45, 7) is 6.17. The number of hydrogen-bond donors (Lipinski definition) is 2. The van der Waals surface area contributed by atoms with E-state index in [2.05, 4.69) is 6.58 Å². The summed E-state index contributed by atoms with van der Waals surface area (Å²) < 4.78 is 5.39. The number of methoxy groups -OCH3 is 1. The number of benzene rings is 2. The van der Waals surface area contributed by atoms with Crippen LogP contribution in [0.5, 0.6) is 11.5 Å². The van der Waals surface area contributed by atoms with Gasteiger partial charge in [0.15, 0.2) is 0 Å². The van der Waals surface area contributed by atoms with Gasteiger partial charge >= 0.3 is 0 Å². The second kappa shape index (κ2) is 8.71. The molecular formula is C22H25NO4S. The van der Waals surface area contributed by atoms with E-state index in [0.717, 1.165) is 16.7 Å². The number of amides is 1. The molecule has 0 radical (unpaired) electrons. The van der Waals surface area contributed by atoms with Crippen molar-refractivity contribution in [2.45, 2.75) is 24.3 Å². The van der Waals surface area contributed by atoms with Gasteiger partial charge in [0.05, 0.1) is 19.3 Å². The topological polar surface area (TPSA) is 70.0 Å². The van der Waals surface area contributed by atoms with E-state index in [1.54, 1.807) is 30.2 Å². The van der Waals surface area contributed by atoms with E-state index in [4.69, 9.17) is 4.74 Å². The zero-order chi connectivity index (χ0) is 20.3. The van der Waals surface area contributed by atoms with Crippen molar-refractivity contribution >= 4 is 17.7 Å². The number of thioether (sulfide) groups is 1. The SMILES string of the molecule is C=CCN1C(=O)[C@H](SCC(O)c2ccc(C)cc2OC)C1c1ccc(O)cc1. The number of likely N-dealkylation sites (tertiary alicyclic amines) is 1. The van der Waals surface area contributed by atoms with Gasteiger partial charge in [-0.25, -0.2) is 0 Å². The molecule has 3 atom stereocenters. The Morgan fingerprint density at radius 2 is 2.00 bits per heavy atom. The molecule has 5 nitrogen and oxygen atoms in total. The van der Waals surface area contributed by atoms with Crippen LogP contribution in [0.2, 0.25) is 0 Å². The maximum atomic E-state index is 12.6. The molecule has 0 bridgehead atoms. The third-order valence-corrected chi connectivity index (χ3v) is 6.22. The molecule has 2 aromatic rings. The number of β-lactam (4-membered cyclic amide) rings is 1. The first-order chi connectivity index (χ1) is 13.5. The highest BCUT2D eigenvalue weighted by molar-refractivity contribution is 8.00. The maximum Gasteiger partial charge on any atom is 0.239 e. The van der Waals surface area contributed by atoms with E-state index in [9.17, 15) is 15.0 Å². The largest absolute Gasteiger partial charge is 0.508 e. The minimum Gasteiger partial charge on any atom is -0.508 e. The Kier molecular flexibility index (Phi) is 6.31. The van der Waals surface area contributed by atoms with E-state index < -0.39 is 6.10 Å². The quantitative estimate of drug-likeness (QED) is 0.524. The number of aromatic hydroxyl groups is 1. The lowest BCUT2D eigenvalue weighted by Crippen LogP contribution is -2.57. The summed E-state index contributed by atoms with van der Waals surface area (Å²) in [4.78, 5) is 14.4. The Hall–Kier alpha value is -2.44. The molecule has 1 saturated heterocycles. The summed E-state index contributed by atoms with van der Waals surface area (Å²) >= 11 is 1.44. The average molecular weight is 400 g/mol. The minimum atomic E-state index is -0.734. The van der Waals surface area contributed by atoms with E-state index in [0.29, 0.717) is 18.0 Å². The Labute approximate surface area is 169 Å². The summed E-state index contributed by atoms with van der Waals surface area (Å²) in [6, 6.07) is 12.5. The fourth-order valence-electron chi connectivity index (χ4n) is 3.43. The van der Waals surface area contributed by atoms with Crippen LogP contribution in [0.3, 0.4) is 0 Å². The molecule has 2 unspecified atom stereocenters. The first-order valence-electron chi connectivity index (χ1n) is 9.10. The number of ether oxygens (including phenoxy) is 1. The number of phenolic OH excluding ortho intramolecular Hbond substituents is 1. The molecule has 6 heteroatoms. The van der Waals surface area contributed by atoms with Gasteiger partial charge in [-0.05, 0) is 36.2 Å². The zero-order valence-corrected chi connectivity index (χ0v) is 16.9. The molecule has 28 heavy (non-hydrogen) atoms. The molecule has 1 aliphatic rings. The Morgan fingerprint density at radius 1 is 1.29 bits per heavy atom. The van der Waals surface area contributed by atoms with Crippen molar-refractivity contribution in [2.75, 3.05) is 19.4 Å². The van der Waals surface area contributed by atoms with Crippen LogP contribution in [0.4, 0.5) is 0 Å². The van der Waals surface area contributed by atoms with Gasteiger partial charge in [-0.3, -0.25) is 4.79 Å².